The van der Waals surface area contributed by atoms with Crippen LogP contribution in [-0.4, -0.2) is 5.11 Å². The minimum absolute atomic E-state index is 0.00551. The summed E-state index contributed by atoms with van der Waals surface area (Å²) in [6.07, 6.45) is 0.678. The van der Waals surface area contributed by atoms with E-state index >= 15 is 0 Å². The molecule has 3 heteroatoms. The van der Waals surface area contributed by atoms with Crippen molar-refractivity contribution in [2.45, 2.75) is 19.3 Å². The van der Waals surface area contributed by atoms with E-state index in [-0.39, 0.29) is 11.7 Å². The zero-order chi connectivity index (χ0) is 14.8. The molecule has 0 fully saturated rings. The molecule has 0 aliphatic rings. The van der Waals surface area contributed by atoms with Crippen LogP contribution in [0.4, 0.5) is 0 Å². The van der Waals surface area contributed by atoms with E-state index < -0.39 is 5.63 Å². The van der Waals surface area contributed by atoms with Gasteiger partial charge in [0.05, 0.1) is 10.9 Å². The second kappa shape index (κ2) is 5.44. The number of fused-ring (bicyclic) bond motifs is 1. The number of aromatic hydroxyl groups is 1. The number of rotatable bonds is 3. The van der Waals surface area contributed by atoms with Crippen LogP contribution >= 0.6 is 0 Å². The van der Waals surface area contributed by atoms with Crippen LogP contribution in [0.2, 0.25) is 0 Å². The smallest absolute Gasteiger partial charge is 0.343 e. The van der Waals surface area contributed by atoms with Gasteiger partial charge in [-0.3, -0.25) is 0 Å². The minimum atomic E-state index is -0.490. The Kier molecular flexibility index (Phi) is 3.48. The first kappa shape index (κ1) is 13.4. The van der Waals surface area contributed by atoms with Crippen molar-refractivity contribution >= 4 is 11.0 Å². The van der Waals surface area contributed by atoms with E-state index in [1.165, 1.54) is 0 Å². The molecule has 0 amide bonds. The summed E-state index contributed by atoms with van der Waals surface area (Å²) >= 11 is 0. The fourth-order valence-corrected chi connectivity index (χ4v) is 2.66. The molecule has 1 N–H and O–H groups in total. The molecule has 105 valence electrons. The Bertz CT molecular complexity index is 819. The molecule has 1 unspecified atom stereocenters. The van der Waals surface area contributed by atoms with Crippen LogP contribution in [0, 0.1) is 6.07 Å². The Morgan fingerprint density at radius 3 is 2.67 bits per heavy atom. The predicted molar refractivity (Wildman–Crippen MR) is 81.6 cm³/mol. The van der Waals surface area contributed by atoms with Crippen molar-refractivity contribution in [2.24, 2.45) is 0 Å². The Labute approximate surface area is 122 Å². The summed E-state index contributed by atoms with van der Waals surface area (Å²) in [4.78, 5) is 12.3. The van der Waals surface area contributed by atoms with E-state index in [0.29, 0.717) is 23.0 Å². The fraction of sp³-hybridized carbons (Fsp3) is 0.167. The Hall–Kier alpha value is -2.55. The molecular weight excluding hydrogens is 264 g/mol. The van der Waals surface area contributed by atoms with Gasteiger partial charge in [-0.15, -0.1) is 0 Å². The van der Waals surface area contributed by atoms with Crippen LogP contribution in [0.25, 0.3) is 11.0 Å². The average Bonchev–Trinajstić information content (AvgIpc) is 2.52. The average molecular weight is 279 g/mol. The van der Waals surface area contributed by atoms with Crippen molar-refractivity contribution in [3.63, 3.8) is 0 Å². The van der Waals surface area contributed by atoms with Crippen molar-refractivity contribution in [3.8, 4) is 5.75 Å². The number of para-hydroxylation sites is 1. The highest BCUT2D eigenvalue weighted by molar-refractivity contribution is 5.84. The lowest BCUT2D eigenvalue weighted by atomic mass is 9.89. The van der Waals surface area contributed by atoms with E-state index in [2.05, 4.69) is 6.07 Å². The van der Waals surface area contributed by atoms with Crippen molar-refractivity contribution in [2.75, 3.05) is 0 Å². The van der Waals surface area contributed by atoms with Gasteiger partial charge in [-0.1, -0.05) is 43.3 Å². The molecule has 1 radical (unpaired) electrons. The molecule has 21 heavy (non-hydrogen) atoms. The predicted octanol–water partition coefficient (Wildman–Crippen LogP) is 3.84. The van der Waals surface area contributed by atoms with Gasteiger partial charge in [0.15, 0.2) is 0 Å². The van der Waals surface area contributed by atoms with Crippen LogP contribution in [0.15, 0.2) is 57.7 Å². The molecule has 3 rings (SSSR count). The van der Waals surface area contributed by atoms with Gasteiger partial charge in [0, 0.05) is 5.92 Å². The molecule has 0 aliphatic carbocycles. The topological polar surface area (TPSA) is 50.4 Å². The second-order valence-corrected chi connectivity index (χ2v) is 4.93. The highest BCUT2D eigenvalue weighted by Crippen LogP contribution is 2.35. The van der Waals surface area contributed by atoms with E-state index in [0.717, 1.165) is 5.56 Å². The molecule has 1 aromatic heterocycles. The molecule has 3 nitrogen and oxygen atoms in total. The molecule has 0 bridgehead atoms. The van der Waals surface area contributed by atoms with Gasteiger partial charge in [0.25, 0.3) is 0 Å². The quantitative estimate of drug-likeness (QED) is 0.741. The lowest BCUT2D eigenvalue weighted by Crippen LogP contribution is -2.13. The van der Waals surface area contributed by atoms with Gasteiger partial charge in [0.1, 0.15) is 11.3 Å². The van der Waals surface area contributed by atoms with Crippen LogP contribution in [-0.2, 0) is 0 Å². The third kappa shape index (κ3) is 2.31. The standard InChI is InChI=1S/C18H15O3/c1-2-13(12-8-4-3-5-9-12)16-17(19)14-10-6-7-11-15(14)21-18(16)20/h3-8,10-11,13,19H,2H2,1H3. The molecule has 0 saturated carbocycles. The Morgan fingerprint density at radius 2 is 1.95 bits per heavy atom. The maximum absolute atomic E-state index is 12.3. The highest BCUT2D eigenvalue weighted by atomic mass is 16.4. The Balaban J connectivity index is 2.26. The minimum Gasteiger partial charge on any atom is -0.507 e. The van der Waals surface area contributed by atoms with Crippen LogP contribution in [0.3, 0.4) is 0 Å². The summed E-state index contributed by atoms with van der Waals surface area (Å²) in [5.74, 6) is -0.224. The largest absolute Gasteiger partial charge is 0.507 e. The summed E-state index contributed by atoms with van der Waals surface area (Å²) < 4.78 is 5.35. The molecular formula is C18H15O3. The van der Waals surface area contributed by atoms with Crippen LogP contribution in [0.1, 0.15) is 30.4 Å². The summed E-state index contributed by atoms with van der Waals surface area (Å²) in [6, 6.07) is 17.6. The van der Waals surface area contributed by atoms with E-state index in [4.69, 9.17) is 4.42 Å². The van der Waals surface area contributed by atoms with Gasteiger partial charge >= 0.3 is 5.63 Å². The van der Waals surface area contributed by atoms with Crippen molar-refractivity contribution in [1.82, 2.24) is 0 Å². The maximum Gasteiger partial charge on any atom is 0.343 e. The highest BCUT2D eigenvalue weighted by Gasteiger charge is 2.23. The van der Waals surface area contributed by atoms with Gasteiger partial charge in [0.2, 0.25) is 0 Å². The zero-order valence-electron chi connectivity index (χ0n) is 11.7. The first-order valence-electron chi connectivity index (χ1n) is 6.93. The summed E-state index contributed by atoms with van der Waals surface area (Å²) in [5, 5.41) is 11.1. The third-order valence-electron chi connectivity index (χ3n) is 3.69. The number of benzene rings is 2. The fourth-order valence-electron chi connectivity index (χ4n) is 2.66. The summed E-state index contributed by atoms with van der Waals surface area (Å²) in [7, 11) is 0. The van der Waals surface area contributed by atoms with Crippen LogP contribution in [0.5, 0.6) is 5.75 Å². The van der Waals surface area contributed by atoms with Gasteiger partial charge in [-0.2, -0.15) is 0 Å². The second-order valence-electron chi connectivity index (χ2n) is 4.93. The first-order valence-corrected chi connectivity index (χ1v) is 6.93. The summed E-state index contributed by atoms with van der Waals surface area (Å²) in [6.45, 7) is 1.97. The third-order valence-corrected chi connectivity index (χ3v) is 3.69. The molecule has 0 spiro atoms. The van der Waals surface area contributed by atoms with E-state index in [9.17, 15) is 9.90 Å². The molecule has 1 heterocycles. The number of hydrogen-bond donors (Lipinski definition) is 1. The SMILES string of the molecule is CCC(c1[c]cccc1)c1c(O)c2ccccc2oc1=O. The van der Waals surface area contributed by atoms with Gasteiger partial charge in [-0.25, -0.2) is 4.79 Å². The monoisotopic (exact) mass is 279 g/mol. The van der Waals surface area contributed by atoms with Gasteiger partial charge < -0.3 is 9.52 Å². The maximum atomic E-state index is 12.3. The molecule has 0 saturated heterocycles. The summed E-state index contributed by atoms with van der Waals surface area (Å²) in [5.41, 5.74) is 1.09. The molecule has 1 atom stereocenters. The molecule has 0 aliphatic heterocycles. The molecule has 2 aromatic carbocycles. The normalized spacial score (nSPS) is 12.4. The lowest BCUT2D eigenvalue weighted by molar-refractivity contribution is 0.450. The number of hydrogen-bond acceptors (Lipinski definition) is 3. The molecule has 3 aromatic rings. The van der Waals surface area contributed by atoms with E-state index in [1.54, 1.807) is 30.3 Å². The van der Waals surface area contributed by atoms with Gasteiger partial charge in [-0.05, 0) is 30.2 Å². The van der Waals surface area contributed by atoms with Crippen LogP contribution < -0.4 is 5.63 Å². The first-order chi connectivity index (χ1) is 10.2. The van der Waals surface area contributed by atoms with Crippen molar-refractivity contribution in [3.05, 3.63) is 76.1 Å². The van der Waals surface area contributed by atoms with Crippen molar-refractivity contribution in [1.29, 1.82) is 0 Å². The van der Waals surface area contributed by atoms with Crippen molar-refractivity contribution < 1.29 is 9.52 Å². The Morgan fingerprint density at radius 1 is 1.19 bits per heavy atom. The lowest BCUT2D eigenvalue weighted by Gasteiger charge is -2.16. The zero-order valence-corrected chi connectivity index (χ0v) is 11.7. The van der Waals surface area contributed by atoms with E-state index in [1.807, 2.05) is 25.1 Å².